The Morgan fingerprint density at radius 2 is 1.68 bits per heavy atom. The zero-order chi connectivity index (χ0) is 19.7. The van der Waals surface area contributed by atoms with Gasteiger partial charge in [0.1, 0.15) is 10.9 Å². The maximum Gasteiger partial charge on any atom is 0.255 e. The summed E-state index contributed by atoms with van der Waals surface area (Å²) in [5, 5.41) is 15.0. The molecule has 28 heavy (non-hydrogen) atoms. The van der Waals surface area contributed by atoms with Crippen molar-refractivity contribution in [2.45, 2.75) is 20.0 Å². The molecule has 2 aromatic carbocycles. The second kappa shape index (κ2) is 7.54. The zero-order valence-electron chi connectivity index (χ0n) is 15.6. The van der Waals surface area contributed by atoms with Gasteiger partial charge < -0.3 is 10.4 Å². The fourth-order valence-corrected chi connectivity index (χ4v) is 4.60. The van der Waals surface area contributed by atoms with Crippen LogP contribution >= 0.6 is 11.3 Å². The van der Waals surface area contributed by atoms with Crippen molar-refractivity contribution in [3.05, 3.63) is 94.0 Å². The van der Waals surface area contributed by atoms with Crippen molar-refractivity contribution in [1.82, 2.24) is 4.98 Å². The number of nitrogens with one attached hydrogen (secondary N) is 1. The molecule has 1 amide bonds. The Balaban J connectivity index is 1.86. The predicted molar refractivity (Wildman–Crippen MR) is 114 cm³/mol. The van der Waals surface area contributed by atoms with E-state index in [-0.39, 0.29) is 5.91 Å². The summed E-state index contributed by atoms with van der Waals surface area (Å²) in [6, 6.07) is 20.5. The van der Waals surface area contributed by atoms with E-state index in [9.17, 15) is 9.90 Å². The highest BCUT2D eigenvalue weighted by atomic mass is 32.1. The van der Waals surface area contributed by atoms with E-state index in [1.165, 1.54) is 11.3 Å². The number of pyridine rings is 1. The molecule has 4 nitrogen and oxygen atoms in total. The van der Waals surface area contributed by atoms with Crippen molar-refractivity contribution in [2.24, 2.45) is 0 Å². The number of aryl methyl sites for hydroxylation is 2. The molecule has 4 rings (SSSR count). The number of aromatic nitrogens is 1. The Morgan fingerprint density at radius 1 is 1.04 bits per heavy atom. The summed E-state index contributed by atoms with van der Waals surface area (Å²) >= 11 is 1.42. The van der Waals surface area contributed by atoms with E-state index in [2.05, 4.69) is 10.3 Å². The maximum atomic E-state index is 12.8. The van der Waals surface area contributed by atoms with Gasteiger partial charge in [-0.1, -0.05) is 48.5 Å². The summed E-state index contributed by atoms with van der Waals surface area (Å²) < 4.78 is 0. The van der Waals surface area contributed by atoms with Crippen LogP contribution in [-0.4, -0.2) is 16.0 Å². The highest BCUT2D eigenvalue weighted by Gasteiger charge is 2.24. The van der Waals surface area contributed by atoms with Crippen LogP contribution in [0.5, 0.6) is 0 Å². The molecule has 2 aromatic heterocycles. The molecule has 0 radical (unpaired) electrons. The molecule has 0 fully saturated rings. The van der Waals surface area contributed by atoms with Gasteiger partial charge in [-0.3, -0.25) is 4.79 Å². The van der Waals surface area contributed by atoms with E-state index in [1.807, 2.05) is 68.4 Å². The number of amides is 1. The molecular weight excluding hydrogens is 368 g/mol. The van der Waals surface area contributed by atoms with Gasteiger partial charge in [0.25, 0.3) is 5.91 Å². The summed E-state index contributed by atoms with van der Waals surface area (Å²) in [4.78, 5) is 19.0. The van der Waals surface area contributed by atoms with Crippen LogP contribution in [0.15, 0.2) is 66.7 Å². The quantitative estimate of drug-likeness (QED) is 0.502. The first-order valence-electron chi connectivity index (χ1n) is 9.04. The van der Waals surface area contributed by atoms with E-state index in [0.717, 1.165) is 27.0 Å². The number of carbonyl (C=O) groups excluding carboxylic acids is 1. The molecule has 0 bridgehead atoms. The first kappa shape index (κ1) is 18.3. The van der Waals surface area contributed by atoms with Crippen LogP contribution < -0.4 is 5.32 Å². The van der Waals surface area contributed by atoms with Crippen molar-refractivity contribution in [3.63, 3.8) is 0 Å². The molecule has 0 aliphatic heterocycles. The number of hydrogen-bond acceptors (Lipinski definition) is 4. The summed E-state index contributed by atoms with van der Waals surface area (Å²) in [5.74, 6) is -0.207. The third kappa shape index (κ3) is 3.42. The number of nitrogens with zero attached hydrogens (tertiary/aromatic N) is 1. The highest BCUT2D eigenvalue weighted by Crippen LogP contribution is 2.42. The number of carbonyl (C=O) groups is 1. The van der Waals surface area contributed by atoms with Crippen LogP contribution in [0.2, 0.25) is 0 Å². The Hall–Kier alpha value is -3.02. The first-order valence-corrected chi connectivity index (χ1v) is 9.86. The number of fused-ring (bicyclic) bond motifs is 1. The zero-order valence-corrected chi connectivity index (χ0v) is 16.5. The summed E-state index contributed by atoms with van der Waals surface area (Å²) in [6.45, 7) is 3.95. The number of rotatable bonds is 4. The van der Waals surface area contributed by atoms with Crippen molar-refractivity contribution >= 4 is 33.1 Å². The van der Waals surface area contributed by atoms with Gasteiger partial charge >= 0.3 is 0 Å². The monoisotopic (exact) mass is 388 g/mol. The summed E-state index contributed by atoms with van der Waals surface area (Å²) in [6.07, 6.45) is -0.842. The predicted octanol–water partition coefficient (Wildman–Crippen LogP) is 5.25. The number of anilines is 1. The third-order valence-corrected chi connectivity index (χ3v) is 5.79. The van der Waals surface area contributed by atoms with Crippen LogP contribution in [0.25, 0.3) is 10.2 Å². The molecule has 2 N–H and O–H groups in total. The third-order valence-electron chi connectivity index (χ3n) is 4.65. The molecule has 2 heterocycles. The van der Waals surface area contributed by atoms with Crippen LogP contribution in [0.4, 0.5) is 5.69 Å². The minimum Gasteiger partial charge on any atom is -0.383 e. The first-order chi connectivity index (χ1) is 13.5. The van der Waals surface area contributed by atoms with Crippen molar-refractivity contribution < 1.29 is 9.90 Å². The molecule has 0 aliphatic carbocycles. The van der Waals surface area contributed by atoms with E-state index in [1.54, 1.807) is 12.1 Å². The average Bonchev–Trinajstić information content (AvgIpc) is 3.07. The minimum atomic E-state index is -0.842. The Kier molecular flexibility index (Phi) is 4.94. The molecule has 0 aliphatic rings. The van der Waals surface area contributed by atoms with Gasteiger partial charge in [0, 0.05) is 16.6 Å². The molecule has 4 aromatic rings. The molecule has 1 unspecified atom stereocenters. The summed E-state index contributed by atoms with van der Waals surface area (Å²) in [7, 11) is 0. The van der Waals surface area contributed by atoms with Gasteiger partial charge in [0.05, 0.1) is 10.6 Å². The Morgan fingerprint density at radius 3 is 2.36 bits per heavy atom. The van der Waals surface area contributed by atoms with Crippen molar-refractivity contribution in [2.75, 3.05) is 5.32 Å². The number of aliphatic hydroxyl groups excluding tert-OH is 1. The lowest BCUT2D eigenvalue weighted by molar-refractivity contribution is 0.102. The molecule has 1 atom stereocenters. The SMILES string of the molecule is Cc1cc(C)c2c(NC(=O)c3ccccc3)c(C(O)c3ccccc3)sc2n1. The summed E-state index contributed by atoms with van der Waals surface area (Å²) in [5.41, 5.74) is 3.91. The van der Waals surface area contributed by atoms with Crippen molar-refractivity contribution in [1.29, 1.82) is 0 Å². The second-order valence-corrected chi connectivity index (χ2v) is 7.77. The molecule has 0 saturated carbocycles. The smallest absolute Gasteiger partial charge is 0.255 e. The van der Waals surface area contributed by atoms with Crippen LogP contribution in [0, 0.1) is 13.8 Å². The number of benzene rings is 2. The second-order valence-electron chi connectivity index (χ2n) is 6.74. The van der Waals surface area contributed by atoms with Gasteiger partial charge in [-0.2, -0.15) is 0 Å². The normalized spacial score (nSPS) is 12.1. The van der Waals surface area contributed by atoms with Crippen LogP contribution in [0.3, 0.4) is 0 Å². The Labute approximate surface area is 167 Å². The minimum absolute atomic E-state index is 0.207. The average molecular weight is 388 g/mol. The fraction of sp³-hybridized carbons (Fsp3) is 0.130. The number of aliphatic hydroxyl groups is 1. The van der Waals surface area contributed by atoms with Crippen LogP contribution in [-0.2, 0) is 0 Å². The van der Waals surface area contributed by atoms with Gasteiger partial charge in [-0.15, -0.1) is 11.3 Å². The maximum absolute atomic E-state index is 12.8. The van der Waals surface area contributed by atoms with E-state index < -0.39 is 6.10 Å². The molecule has 0 saturated heterocycles. The molecular formula is C23H20N2O2S. The lowest BCUT2D eigenvalue weighted by Crippen LogP contribution is -2.13. The van der Waals surface area contributed by atoms with E-state index in [0.29, 0.717) is 16.1 Å². The van der Waals surface area contributed by atoms with Gasteiger partial charge in [-0.25, -0.2) is 4.98 Å². The molecule has 140 valence electrons. The Bertz CT molecular complexity index is 1140. The highest BCUT2D eigenvalue weighted by molar-refractivity contribution is 7.19. The van der Waals surface area contributed by atoms with Crippen LogP contribution in [0.1, 0.15) is 38.2 Å². The largest absolute Gasteiger partial charge is 0.383 e. The number of hydrogen-bond donors (Lipinski definition) is 2. The fourth-order valence-electron chi connectivity index (χ4n) is 3.34. The van der Waals surface area contributed by atoms with E-state index >= 15 is 0 Å². The van der Waals surface area contributed by atoms with Gasteiger partial charge in [-0.05, 0) is 43.2 Å². The lowest BCUT2D eigenvalue weighted by Gasteiger charge is -2.13. The van der Waals surface area contributed by atoms with Crippen molar-refractivity contribution in [3.8, 4) is 0 Å². The topological polar surface area (TPSA) is 62.2 Å². The van der Waals surface area contributed by atoms with Gasteiger partial charge in [0.2, 0.25) is 0 Å². The van der Waals surface area contributed by atoms with E-state index in [4.69, 9.17) is 0 Å². The number of thiophene rings is 1. The molecule has 5 heteroatoms. The van der Waals surface area contributed by atoms with Gasteiger partial charge in [0.15, 0.2) is 0 Å². The molecule has 0 spiro atoms. The standard InChI is InChI=1S/C23H20N2O2S/c1-14-13-15(2)24-23-18(14)19(25-22(27)17-11-7-4-8-12-17)21(28-23)20(26)16-9-5-3-6-10-16/h3-13,20,26H,1-2H3,(H,25,27). The lowest BCUT2D eigenvalue weighted by atomic mass is 10.0.